The first-order valence-corrected chi connectivity index (χ1v) is 6.67. The van der Waals surface area contributed by atoms with Crippen LogP contribution in [-0.4, -0.2) is 34.4 Å². The lowest BCUT2D eigenvalue weighted by Gasteiger charge is -2.20. The SMILES string of the molecule is CCNc1ccc([N+](=O)[O-])c(NCC(=O)NC(C)(C)C)n1. The number of nitrogens with one attached hydrogen (secondary N) is 3. The summed E-state index contributed by atoms with van der Waals surface area (Å²) in [6, 6.07) is 2.89. The summed E-state index contributed by atoms with van der Waals surface area (Å²) >= 11 is 0. The number of nitrogens with zero attached hydrogens (tertiary/aromatic N) is 2. The Morgan fingerprint density at radius 1 is 1.33 bits per heavy atom. The fourth-order valence-corrected chi connectivity index (χ4v) is 1.64. The second kappa shape index (κ2) is 6.87. The van der Waals surface area contributed by atoms with Crippen LogP contribution in [0.2, 0.25) is 0 Å². The van der Waals surface area contributed by atoms with Gasteiger partial charge < -0.3 is 16.0 Å². The zero-order valence-electron chi connectivity index (χ0n) is 12.7. The number of hydrogen-bond donors (Lipinski definition) is 3. The highest BCUT2D eigenvalue weighted by atomic mass is 16.6. The van der Waals surface area contributed by atoms with Gasteiger partial charge in [0.15, 0.2) is 0 Å². The van der Waals surface area contributed by atoms with E-state index in [1.807, 2.05) is 27.7 Å². The van der Waals surface area contributed by atoms with E-state index < -0.39 is 4.92 Å². The van der Waals surface area contributed by atoms with Crippen molar-refractivity contribution in [3.05, 3.63) is 22.2 Å². The van der Waals surface area contributed by atoms with Crippen molar-refractivity contribution < 1.29 is 9.72 Å². The Labute approximate surface area is 123 Å². The van der Waals surface area contributed by atoms with Crippen molar-refractivity contribution in [2.45, 2.75) is 33.2 Å². The van der Waals surface area contributed by atoms with Crippen LogP contribution in [0.15, 0.2) is 12.1 Å². The van der Waals surface area contributed by atoms with Crippen LogP contribution in [-0.2, 0) is 4.79 Å². The molecule has 0 bridgehead atoms. The molecular weight excluding hydrogens is 274 g/mol. The van der Waals surface area contributed by atoms with Gasteiger partial charge in [0.1, 0.15) is 5.82 Å². The number of carbonyl (C=O) groups is 1. The van der Waals surface area contributed by atoms with Crippen LogP contribution >= 0.6 is 0 Å². The van der Waals surface area contributed by atoms with Crippen LogP contribution in [0.25, 0.3) is 0 Å². The maximum absolute atomic E-state index is 11.7. The monoisotopic (exact) mass is 295 g/mol. The van der Waals surface area contributed by atoms with E-state index in [1.54, 1.807) is 0 Å². The molecule has 0 fully saturated rings. The first kappa shape index (κ1) is 16.7. The number of aromatic nitrogens is 1. The van der Waals surface area contributed by atoms with Crippen molar-refractivity contribution >= 4 is 23.2 Å². The molecule has 3 N–H and O–H groups in total. The first-order valence-electron chi connectivity index (χ1n) is 6.67. The van der Waals surface area contributed by atoms with Gasteiger partial charge in [-0.1, -0.05) is 0 Å². The summed E-state index contributed by atoms with van der Waals surface area (Å²) < 4.78 is 0. The van der Waals surface area contributed by atoms with Crippen molar-refractivity contribution in [3.63, 3.8) is 0 Å². The number of amides is 1. The van der Waals surface area contributed by atoms with Gasteiger partial charge >= 0.3 is 5.69 Å². The van der Waals surface area contributed by atoms with Gasteiger partial charge in [-0.15, -0.1) is 0 Å². The Hall–Kier alpha value is -2.38. The summed E-state index contributed by atoms with van der Waals surface area (Å²) in [6.45, 7) is 8.04. The standard InChI is InChI=1S/C13H21N5O3/c1-5-14-10-7-6-9(18(20)21)12(16-10)15-8-11(19)17-13(2,3)4/h6-7H,5,8H2,1-4H3,(H,17,19)(H2,14,15,16). The molecule has 8 nitrogen and oxygen atoms in total. The molecule has 116 valence electrons. The smallest absolute Gasteiger partial charge is 0.311 e. The Morgan fingerprint density at radius 2 is 2.00 bits per heavy atom. The Morgan fingerprint density at radius 3 is 2.52 bits per heavy atom. The van der Waals surface area contributed by atoms with Crippen molar-refractivity contribution in [2.75, 3.05) is 23.7 Å². The van der Waals surface area contributed by atoms with Crippen LogP contribution < -0.4 is 16.0 Å². The number of nitro groups is 1. The quantitative estimate of drug-likeness (QED) is 0.545. The summed E-state index contributed by atoms with van der Waals surface area (Å²) in [6.07, 6.45) is 0. The maximum atomic E-state index is 11.7. The molecule has 0 saturated heterocycles. The van der Waals surface area contributed by atoms with E-state index in [9.17, 15) is 14.9 Å². The molecular formula is C13H21N5O3. The van der Waals surface area contributed by atoms with E-state index >= 15 is 0 Å². The average molecular weight is 295 g/mol. The third-order valence-electron chi connectivity index (χ3n) is 2.36. The molecule has 1 heterocycles. The number of pyridine rings is 1. The molecule has 21 heavy (non-hydrogen) atoms. The highest BCUT2D eigenvalue weighted by Crippen LogP contribution is 2.23. The Bertz CT molecular complexity index is 525. The third-order valence-corrected chi connectivity index (χ3v) is 2.36. The lowest BCUT2D eigenvalue weighted by Crippen LogP contribution is -2.43. The fraction of sp³-hybridized carbons (Fsp3) is 0.538. The number of anilines is 2. The van der Waals surface area contributed by atoms with Crippen molar-refractivity contribution in [2.24, 2.45) is 0 Å². The topological polar surface area (TPSA) is 109 Å². The van der Waals surface area contributed by atoms with Gasteiger partial charge in [-0.25, -0.2) is 4.98 Å². The second-order valence-corrected chi connectivity index (χ2v) is 5.50. The van der Waals surface area contributed by atoms with E-state index in [4.69, 9.17) is 0 Å². The molecule has 0 unspecified atom stereocenters. The van der Waals surface area contributed by atoms with Crippen molar-refractivity contribution in [1.29, 1.82) is 0 Å². The minimum absolute atomic E-state index is 0.0718. The molecule has 0 spiro atoms. The van der Waals surface area contributed by atoms with Crippen LogP contribution in [0.3, 0.4) is 0 Å². The van der Waals surface area contributed by atoms with Crippen molar-refractivity contribution in [1.82, 2.24) is 10.3 Å². The van der Waals surface area contributed by atoms with Gasteiger partial charge in [-0.2, -0.15) is 0 Å². The molecule has 0 saturated carbocycles. The molecule has 0 radical (unpaired) electrons. The maximum Gasteiger partial charge on any atom is 0.311 e. The van der Waals surface area contributed by atoms with Crippen LogP contribution in [0.4, 0.5) is 17.3 Å². The predicted octanol–water partition coefficient (Wildman–Crippen LogP) is 1.75. The third kappa shape index (κ3) is 5.64. The summed E-state index contributed by atoms with van der Waals surface area (Å²) in [5.41, 5.74) is -0.524. The number of hydrogen-bond acceptors (Lipinski definition) is 6. The fourth-order valence-electron chi connectivity index (χ4n) is 1.64. The molecule has 0 aromatic carbocycles. The highest BCUT2D eigenvalue weighted by Gasteiger charge is 2.18. The van der Waals surface area contributed by atoms with E-state index in [1.165, 1.54) is 12.1 Å². The minimum Gasteiger partial charge on any atom is -0.370 e. The molecule has 1 rings (SSSR count). The van der Waals surface area contributed by atoms with Gasteiger partial charge in [-0.3, -0.25) is 14.9 Å². The Balaban J connectivity index is 2.82. The summed E-state index contributed by atoms with van der Waals surface area (Å²) in [4.78, 5) is 26.3. The summed E-state index contributed by atoms with van der Waals surface area (Å²) in [7, 11) is 0. The van der Waals surface area contributed by atoms with Crippen LogP contribution in [0, 0.1) is 10.1 Å². The Kier molecular flexibility index (Phi) is 5.45. The molecule has 1 aromatic rings. The minimum atomic E-state index is -0.535. The predicted molar refractivity (Wildman–Crippen MR) is 81.4 cm³/mol. The molecule has 0 atom stereocenters. The zero-order chi connectivity index (χ0) is 16.0. The van der Waals surface area contributed by atoms with Crippen LogP contribution in [0.5, 0.6) is 0 Å². The van der Waals surface area contributed by atoms with E-state index in [2.05, 4.69) is 20.9 Å². The first-order chi connectivity index (χ1) is 9.73. The van der Waals surface area contributed by atoms with E-state index in [0.29, 0.717) is 12.4 Å². The van der Waals surface area contributed by atoms with Gasteiger partial charge in [0, 0.05) is 18.2 Å². The summed E-state index contributed by atoms with van der Waals surface area (Å²) in [5, 5.41) is 19.4. The molecule has 1 amide bonds. The molecule has 0 aliphatic carbocycles. The van der Waals surface area contributed by atoms with Gasteiger partial charge in [0.2, 0.25) is 11.7 Å². The average Bonchev–Trinajstić information content (AvgIpc) is 2.34. The molecule has 8 heteroatoms. The normalized spacial score (nSPS) is 10.9. The number of carbonyl (C=O) groups excluding carboxylic acids is 1. The van der Waals surface area contributed by atoms with Gasteiger partial charge in [0.05, 0.1) is 11.5 Å². The van der Waals surface area contributed by atoms with Gasteiger partial charge in [0.25, 0.3) is 0 Å². The van der Waals surface area contributed by atoms with E-state index in [0.717, 1.165) is 0 Å². The van der Waals surface area contributed by atoms with Gasteiger partial charge in [-0.05, 0) is 33.8 Å². The lowest BCUT2D eigenvalue weighted by atomic mass is 10.1. The summed E-state index contributed by atoms with van der Waals surface area (Å²) in [5.74, 6) is 0.330. The molecule has 0 aliphatic heterocycles. The number of rotatable bonds is 6. The molecule has 1 aromatic heterocycles. The second-order valence-electron chi connectivity index (χ2n) is 5.50. The largest absolute Gasteiger partial charge is 0.370 e. The highest BCUT2D eigenvalue weighted by molar-refractivity contribution is 5.81. The van der Waals surface area contributed by atoms with Crippen LogP contribution in [0.1, 0.15) is 27.7 Å². The zero-order valence-corrected chi connectivity index (χ0v) is 12.7. The molecule has 0 aliphatic rings. The lowest BCUT2D eigenvalue weighted by molar-refractivity contribution is -0.384. The van der Waals surface area contributed by atoms with Crippen molar-refractivity contribution in [3.8, 4) is 0 Å². The van der Waals surface area contributed by atoms with E-state index in [-0.39, 0.29) is 29.5 Å².